The van der Waals surface area contributed by atoms with Crippen molar-refractivity contribution in [3.8, 4) is 11.4 Å². The van der Waals surface area contributed by atoms with Crippen molar-refractivity contribution in [3.63, 3.8) is 0 Å². The summed E-state index contributed by atoms with van der Waals surface area (Å²) in [6.45, 7) is 9.47. The van der Waals surface area contributed by atoms with E-state index < -0.39 is 0 Å². The Morgan fingerprint density at radius 3 is 2.63 bits per heavy atom. The van der Waals surface area contributed by atoms with Crippen LogP contribution in [0.5, 0.6) is 0 Å². The number of ether oxygens (including phenoxy) is 1. The molecule has 4 heterocycles. The summed E-state index contributed by atoms with van der Waals surface area (Å²) >= 11 is 3.70. The Morgan fingerprint density at radius 1 is 1.14 bits per heavy atom. The van der Waals surface area contributed by atoms with Crippen LogP contribution in [0.2, 0.25) is 0 Å². The summed E-state index contributed by atoms with van der Waals surface area (Å²) in [6, 6.07) is 9.67. The predicted octanol–water partition coefficient (Wildman–Crippen LogP) is 4.05. The fourth-order valence-electron chi connectivity index (χ4n) is 5.22. The number of methoxy groups -OCH3 is 1. The lowest BCUT2D eigenvalue weighted by Crippen LogP contribution is -2.52. The molecule has 5 rings (SSSR count). The molecule has 188 valence electrons. The Bertz CT molecular complexity index is 1130. The fraction of sp³-hybridized carbons (Fsp3) is 0.538. The third-order valence-electron chi connectivity index (χ3n) is 7.34. The predicted molar refractivity (Wildman–Crippen MR) is 146 cm³/mol. The summed E-state index contributed by atoms with van der Waals surface area (Å²) in [6.07, 6.45) is 4.11. The van der Waals surface area contributed by atoms with Gasteiger partial charge in [-0.05, 0) is 80.1 Å². The van der Waals surface area contributed by atoms with Crippen molar-refractivity contribution < 1.29 is 4.74 Å². The molecule has 3 aromatic rings. The zero-order valence-corrected chi connectivity index (χ0v) is 22.5. The molecule has 2 saturated heterocycles. The van der Waals surface area contributed by atoms with E-state index in [-0.39, 0.29) is 0 Å². The normalized spacial score (nSPS) is 20.6. The molecule has 1 atom stereocenters. The van der Waals surface area contributed by atoms with E-state index in [4.69, 9.17) is 9.72 Å². The number of H-pyrrole nitrogens is 1. The molecule has 0 saturated carbocycles. The molecule has 2 N–H and O–H groups in total. The smallest absolute Gasteiger partial charge is 0.180 e. The highest BCUT2D eigenvalue weighted by Crippen LogP contribution is 2.33. The summed E-state index contributed by atoms with van der Waals surface area (Å²) in [5, 5.41) is 3.75. The molecule has 0 spiro atoms. The number of benzene rings is 1. The van der Waals surface area contributed by atoms with Crippen LogP contribution in [0.25, 0.3) is 22.6 Å². The third-order valence-corrected chi connectivity index (χ3v) is 7.94. The number of nitrogens with zero attached hydrogens (tertiary/aromatic N) is 5. The number of likely N-dealkylation sites (tertiary alicyclic amines) is 1. The second-order valence-corrected chi connectivity index (χ2v) is 10.7. The fourth-order valence-corrected chi connectivity index (χ4v) is 5.63. The van der Waals surface area contributed by atoms with Crippen LogP contribution in [-0.2, 0) is 4.74 Å². The highest BCUT2D eigenvalue weighted by Gasteiger charge is 2.24. The molecular weight excluding hydrogens is 506 g/mol. The van der Waals surface area contributed by atoms with Gasteiger partial charge in [0.05, 0.1) is 16.8 Å². The van der Waals surface area contributed by atoms with Gasteiger partial charge in [0.1, 0.15) is 11.3 Å². The minimum atomic E-state index is 0.455. The molecule has 1 unspecified atom stereocenters. The van der Waals surface area contributed by atoms with Crippen LogP contribution in [0, 0.1) is 0 Å². The van der Waals surface area contributed by atoms with E-state index in [0.717, 1.165) is 91.4 Å². The van der Waals surface area contributed by atoms with Crippen molar-refractivity contribution in [2.24, 2.45) is 0 Å². The van der Waals surface area contributed by atoms with Crippen molar-refractivity contribution >= 4 is 38.5 Å². The molecule has 8 nitrogen and oxygen atoms in total. The maximum Gasteiger partial charge on any atom is 0.180 e. The van der Waals surface area contributed by atoms with Crippen LogP contribution in [0.1, 0.15) is 19.8 Å². The second-order valence-electron chi connectivity index (χ2n) is 9.87. The number of piperidine rings is 1. The van der Waals surface area contributed by atoms with Gasteiger partial charge in [0.2, 0.25) is 0 Å². The average Bonchev–Trinajstić information content (AvgIpc) is 3.31. The first-order valence-electron chi connectivity index (χ1n) is 12.6. The van der Waals surface area contributed by atoms with Gasteiger partial charge < -0.3 is 24.8 Å². The lowest BCUT2D eigenvalue weighted by Gasteiger charge is -2.41. The largest absolute Gasteiger partial charge is 0.383 e. The topological polar surface area (TPSA) is 72.6 Å². The number of anilines is 2. The molecule has 0 radical (unpaired) electrons. The number of fused-ring (bicyclic) bond motifs is 1. The van der Waals surface area contributed by atoms with Gasteiger partial charge in [-0.3, -0.25) is 4.90 Å². The highest BCUT2D eigenvalue weighted by molar-refractivity contribution is 9.10. The molecule has 2 aliphatic heterocycles. The molecule has 0 aliphatic carbocycles. The summed E-state index contributed by atoms with van der Waals surface area (Å²) in [7, 11) is 3.96. The van der Waals surface area contributed by atoms with Gasteiger partial charge in [0.15, 0.2) is 5.65 Å². The van der Waals surface area contributed by atoms with Crippen LogP contribution in [0.4, 0.5) is 11.4 Å². The number of hydrogen-bond acceptors (Lipinski definition) is 7. The Labute approximate surface area is 216 Å². The SMILES string of the molecule is COCCN1CCN(c2ccc(-c3nc4ncc(Br)c(NC5CCN(C)CC5)c4[nH]3)cc2)C(C)C1. The highest BCUT2D eigenvalue weighted by atomic mass is 79.9. The number of pyridine rings is 1. The Balaban J connectivity index is 1.32. The quantitative estimate of drug-likeness (QED) is 0.467. The average molecular weight is 543 g/mol. The molecule has 2 aliphatic rings. The van der Waals surface area contributed by atoms with Gasteiger partial charge in [-0.2, -0.15) is 0 Å². The molecule has 2 fully saturated rings. The summed E-state index contributed by atoms with van der Waals surface area (Å²) in [5.41, 5.74) is 5.08. The van der Waals surface area contributed by atoms with E-state index in [2.05, 4.69) is 84.2 Å². The van der Waals surface area contributed by atoms with Crippen LogP contribution in [0.15, 0.2) is 34.9 Å². The van der Waals surface area contributed by atoms with Crippen LogP contribution in [0.3, 0.4) is 0 Å². The number of rotatable bonds is 7. The molecule has 1 aromatic carbocycles. The van der Waals surface area contributed by atoms with Crippen molar-refractivity contribution in [1.29, 1.82) is 0 Å². The Hall–Kier alpha value is -2.20. The van der Waals surface area contributed by atoms with Crippen molar-refractivity contribution in [2.45, 2.75) is 31.8 Å². The van der Waals surface area contributed by atoms with E-state index >= 15 is 0 Å². The summed E-state index contributed by atoms with van der Waals surface area (Å²) in [4.78, 5) is 20.3. The molecule has 0 bridgehead atoms. The van der Waals surface area contributed by atoms with E-state index in [9.17, 15) is 0 Å². The van der Waals surface area contributed by atoms with Crippen LogP contribution in [-0.4, -0.2) is 96.9 Å². The lowest BCUT2D eigenvalue weighted by atomic mass is 10.1. The summed E-state index contributed by atoms with van der Waals surface area (Å²) < 4.78 is 6.21. The second kappa shape index (κ2) is 10.8. The van der Waals surface area contributed by atoms with Gasteiger partial charge in [-0.1, -0.05) is 0 Å². The number of imidazole rings is 1. The van der Waals surface area contributed by atoms with Crippen molar-refractivity contribution in [3.05, 3.63) is 34.9 Å². The van der Waals surface area contributed by atoms with Gasteiger partial charge in [-0.15, -0.1) is 0 Å². The number of hydrogen-bond donors (Lipinski definition) is 2. The van der Waals surface area contributed by atoms with E-state index in [1.807, 2.05) is 6.20 Å². The first kappa shape index (κ1) is 24.5. The number of halogens is 1. The number of aromatic amines is 1. The van der Waals surface area contributed by atoms with Gasteiger partial charge in [0, 0.05) is 62.8 Å². The van der Waals surface area contributed by atoms with E-state index in [1.54, 1.807) is 7.11 Å². The molecule has 9 heteroatoms. The van der Waals surface area contributed by atoms with E-state index in [0.29, 0.717) is 12.1 Å². The lowest BCUT2D eigenvalue weighted by molar-refractivity contribution is 0.136. The van der Waals surface area contributed by atoms with Crippen molar-refractivity contribution in [1.82, 2.24) is 24.8 Å². The van der Waals surface area contributed by atoms with Crippen LogP contribution >= 0.6 is 15.9 Å². The third kappa shape index (κ3) is 5.48. The Morgan fingerprint density at radius 2 is 1.91 bits per heavy atom. The monoisotopic (exact) mass is 541 g/mol. The Kier molecular flexibility index (Phi) is 7.57. The first-order valence-corrected chi connectivity index (χ1v) is 13.4. The number of aromatic nitrogens is 3. The molecule has 0 amide bonds. The van der Waals surface area contributed by atoms with E-state index in [1.165, 1.54) is 5.69 Å². The van der Waals surface area contributed by atoms with Gasteiger partial charge in [-0.25, -0.2) is 9.97 Å². The standard InChI is InChI=1S/C26H36BrN7O/c1-18-17-33(14-15-35-3)12-13-34(18)21-6-4-19(5-7-21)25-30-24-23(22(27)16-28-26(24)31-25)29-20-8-10-32(2)11-9-20/h4-7,16,18,20H,8-15,17H2,1-3H3,(H2,28,29,30,31). The molecular formula is C26H36BrN7O. The summed E-state index contributed by atoms with van der Waals surface area (Å²) in [5.74, 6) is 0.848. The molecule has 2 aromatic heterocycles. The van der Waals surface area contributed by atoms with Gasteiger partial charge >= 0.3 is 0 Å². The zero-order chi connectivity index (χ0) is 24.4. The molecule has 35 heavy (non-hydrogen) atoms. The zero-order valence-electron chi connectivity index (χ0n) is 20.9. The van der Waals surface area contributed by atoms with Gasteiger partial charge in [0.25, 0.3) is 0 Å². The maximum absolute atomic E-state index is 5.25. The number of piperazine rings is 1. The van der Waals surface area contributed by atoms with Crippen molar-refractivity contribution in [2.75, 3.05) is 70.2 Å². The minimum absolute atomic E-state index is 0.455. The first-order chi connectivity index (χ1) is 17.0. The number of nitrogens with one attached hydrogen (secondary N) is 2. The minimum Gasteiger partial charge on any atom is -0.383 e. The van der Waals surface area contributed by atoms with Crippen LogP contribution < -0.4 is 10.2 Å². The maximum atomic E-state index is 5.25.